The van der Waals surface area contributed by atoms with Crippen molar-refractivity contribution in [1.82, 2.24) is 0 Å². The summed E-state index contributed by atoms with van der Waals surface area (Å²) < 4.78 is 25.8. The zero-order valence-electron chi connectivity index (χ0n) is 14.1. The van der Waals surface area contributed by atoms with Crippen molar-refractivity contribution in [3.8, 4) is 10.8 Å². The van der Waals surface area contributed by atoms with E-state index >= 15 is 0 Å². The maximum Gasteiger partial charge on any atom is 0.244 e. The highest BCUT2D eigenvalue weighted by molar-refractivity contribution is 9.10. The molecule has 22 heavy (non-hydrogen) atoms. The largest absolute Gasteiger partial charge is 0.244 e. The molecule has 1 rings (SSSR count). The molecule has 0 aliphatic rings. The van der Waals surface area contributed by atoms with E-state index in [0.717, 1.165) is 4.47 Å². The average molecular weight is 401 g/mol. The molecule has 2 nitrogen and oxygen atoms in total. The van der Waals surface area contributed by atoms with Gasteiger partial charge in [-0.25, -0.2) is 8.42 Å². The Hall–Kier alpha value is -0.573. The Morgan fingerprint density at radius 3 is 1.68 bits per heavy atom. The fraction of sp³-hybridized carbons (Fsp3) is 0.529. The summed E-state index contributed by atoms with van der Waals surface area (Å²) >= 11 is 3.32. The van der Waals surface area contributed by atoms with Gasteiger partial charge in [-0.05, 0) is 40.9 Å². The van der Waals surface area contributed by atoms with Crippen molar-refractivity contribution < 1.29 is 8.42 Å². The molecular weight excluding hydrogens is 376 g/mol. The van der Waals surface area contributed by atoms with Gasteiger partial charge >= 0.3 is 0 Å². The second kappa shape index (κ2) is 7.33. The topological polar surface area (TPSA) is 34.1 Å². The summed E-state index contributed by atoms with van der Waals surface area (Å²) in [6, 6.07) is 6.65. The van der Waals surface area contributed by atoms with Crippen LogP contribution in [0.3, 0.4) is 0 Å². The first-order chi connectivity index (χ1) is 10.0. The van der Waals surface area contributed by atoms with E-state index in [-0.39, 0.29) is 4.90 Å². The van der Waals surface area contributed by atoms with Gasteiger partial charge < -0.3 is 0 Å². The van der Waals surface area contributed by atoms with Crippen LogP contribution in [0.25, 0.3) is 0 Å². The van der Waals surface area contributed by atoms with Crippen LogP contribution in [-0.4, -0.2) is 16.5 Å². The van der Waals surface area contributed by atoms with Gasteiger partial charge in [-0.2, -0.15) is 0 Å². The predicted molar refractivity (Wildman–Crippen MR) is 100 cm³/mol. The predicted octanol–water partition coefficient (Wildman–Crippen LogP) is 5.40. The van der Waals surface area contributed by atoms with Gasteiger partial charge in [-0.15, -0.1) is 5.54 Å². The molecule has 1 aromatic carbocycles. The lowest BCUT2D eigenvalue weighted by Gasteiger charge is -2.37. The Kier molecular flexibility index (Phi) is 6.49. The van der Waals surface area contributed by atoms with E-state index in [1.54, 1.807) is 24.3 Å². The molecule has 0 N–H and O–H groups in total. The fourth-order valence-corrected chi connectivity index (χ4v) is 10.2. The molecule has 0 atom stereocenters. The first-order valence-corrected chi connectivity index (χ1v) is 12.1. The lowest BCUT2D eigenvalue weighted by atomic mass is 10.4. The maximum absolute atomic E-state index is 12.5. The number of hydrogen-bond donors (Lipinski definition) is 0. The van der Waals surface area contributed by atoms with Gasteiger partial charge in [-0.3, -0.25) is 0 Å². The number of rotatable bonds is 4. The van der Waals surface area contributed by atoms with Gasteiger partial charge in [0.15, 0.2) is 0 Å². The van der Waals surface area contributed by atoms with Crippen LogP contribution in [-0.2, 0) is 9.84 Å². The normalized spacial score (nSPS) is 12.6. The third-order valence-corrected chi connectivity index (χ3v) is 12.7. The smallest absolute Gasteiger partial charge is 0.210 e. The molecule has 0 spiro atoms. The van der Waals surface area contributed by atoms with Crippen LogP contribution in [0.4, 0.5) is 0 Å². The molecular formula is C17H25BrO2SSi. The second-order valence-corrected chi connectivity index (χ2v) is 14.8. The standard InChI is InChI=1S/C17H25BrO2SSi/c1-13(2)22(14(3)4,15(5)6)12-11-21(19,20)17-9-7-16(18)8-10-17/h7-10,13-15H,1-6H3. The Bertz CT molecular complexity index is 643. The quantitative estimate of drug-likeness (QED) is 0.500. The van der Waals surface area contributed by atoms with E-state index in [1.807, 2.05) is 0 Å². The van der Waals surface area contributed by atoms with Crippen LogP contribution in [0, 0.1) is 10.8 Å². The molecule has 0 amide bonds. The minimum Gasteiger partial charge on any atom is -0.210 e. The lowest BCUT2D eigenvalue weighted by molar-refractivity contribution is 0.606. The monoisotopic (exact) mass is 400 g/mol. The molecule has 0 aliphatic heterocycles. The molecule has 0 heterocycles. The van der Waals surface area contributed by atoms with Gasteiger partial charge in [0.25, 0.3) is 0 Å². The SMILES string of the molecule is CC(C)[Si](C#CS(=O)(=O)c1ccc(Br)cc1)(C(C)C)C(C)C. The minimum absolute atomic E-state index is 0.266. The van der Waals surface area contributed by atoms with Crippen molar-refractivity contribution in [2.45, 2.75) is 63.1 Å². The van der Waals surface area contributed by atoms with Crippen molar-refractivity contribution in [1.29, 1.82) is 0 Å². The molecule has 0 saturated carbocycles. The van der Waals surface area contributed by atoms with Gasteiger partial charge in [0.1, 0.15) is 8.07 Å². The molecule has 0 fully saturated rings. The molecule has 0 saturated heterocycles. The average Bonchev–Trinajstić information content (AvgIpc) is 2.38. The maximum atomic E-state index is 12.5. The van der Waals surface area contributed by atoms with E-state index in [1.165, 1.54) is 0 Å². The van der Waals surface area contributed by atoms with Gasteiger partial charge in [-0.1, -0.05) is 57.5 Å². The van der Waals surface area contributed by atoms with Crippen LogP contribution >= 0.6 is 15.9 Å². The molecule has 0 aliphatic carbocycles. The lowest BCUT2D eigenvalue weighted by Crippen LogP contribution is -2.43. The van der Waals surface area contributed by atoms with Crippen molar-refractivity contribution in [3.05, 3.63) is 28.7 Å². The number of benzene rings is 1. The van der Waals surface area contributed by atoms with E-state index in [2.05, 4.69) is 68.3 Å². The van der Waals surface area contributed by atoms with Crippen LogP contribution in [0.5, 0.6) is 0 Å². The summed E-state index contributed by atoms with van der Waals surface area (Å²) in [4.78, 5) is 0.266. The Labute approximate surface area is 144 Å². The molecule has 5 heteroatoms. The van der Waals surface area contributed by atoms with Crippen molar-refractivity contribution in [2.24, 2.45) is 0 Å². The summed E-state index contributed by atoms with van der Waals surface area (Å²) in [6.45, 7) is 13.0. The molecule has 0 unspecified atom stereocenters. The highest BCUT2D eigenvalue weighted by atomic mass is 79.9. The minimum atomic E-state index is -3.56. The Balaban J connectivity index is 3.36. The zero-order chi connectivity index (χ0) is 17.1. The molecule has 122 valence electrons. The Morgan fingerprint density at radius 1 is 0.909 bits per heavy atom. The van der Waals surface area contributed by atoms with E-state index in [9.17, 15) is 8.42 Å². The first kappa shape index (κ1) is 19.5. The van der Waals surface area contributed by atoms with Crippen molar-refractivity contribution >= 4 is 33.8 Å². The van der Waals surface area contributed by atoms with Crippen LogP contribution in [0.15, 0.2) is 33.6 Å². The van der Waals surface area contributed by atoms with E-state index in [0.29, 0.717) is 16.6 Å². The van der Waals surface area contributed by atoms with Crippen LogP contribution < -0.4 is 0 Å². The van der Waals surface area contributed by atoms with E-state index in [4.69, 9.17) is 0 Å². The molecule has 0 bridgehead atoms. The highest BCUT2D eigenvalue weighted by Crippen LogP contribution is 2.40. The second-order valence-electron chi connectivity index (χ2n) is 6.58. The first-order valence-electron chi connectivity index (χ1n) is 7.58. The summed E-state index contributed by atoms with van der Waals surface area (Å²) in [5, 5.41) is 2.65. The molecule has 0 aromatic heterocycles. The number of halogens is 1. The third kappa shape index (κ3) is 4.04. The fourth-order valence-electron chi connectivity index (χ4n) is 3.26. The summed E-state index contributed by atoms with van der Waals surface area (Å²) in [6.07, 6.45) is 0. The molecule has 1 aromatic rings. The highest BCUT2D eigenvalue weighted by Gasteiger charge is 2.42. The summed E-state index contributed by atoms with van der Waals surface area (Å²) in [5.74, 6) is 0. The number of hydrogen-bond acceptors (Lipinski definition) is 2. The Morgan fingerprint density at radius 2 is 1.32 bits per heavy atom. The zero-order valence-corrected chi connectivity index (χ0v) is 17.5. The molecule has 0 radical (unpaired) electrons. The summed E-state index contributed by atoms with van der Waals surface area (Å²) in [5.41, 5.74) is 4.52. The third-order valence-electron chi connectivity index (χ3n) is 4.39. The van der Waals surface area contributed by atoms with Gasteiger partial charge in [0.05, 0.1) is 4.90 Å². The van der Waals surface area contributed by atoms with E-state index < -0.39 is 17.9 Å². The van der Waals surface area contributed by atoms with Gasteiger partial charge in [0.2, 0.25) is 9.84 Å². The van der Waals surface area contributed by atoms with Crippen molar-refractivity contribution in [3.63, 3.8) is 0 Å². The van der Waals surface area contributed by atoms with Crippen LogP contribution in [0.2, 0.25) is 16.6 Å². The summed E-state index contributed by atoms with van der Waals surface area (Å²) in [7, 11) is -5.59. The van der Waals surface area contributed by atoms with Crippen LogP contribution in [0.1, 0.15) is 41.5 Å². The number of sulfone groups is 1. The van der Waals surface area contributed by atoms with Crippen molar-refractivity contribution in [2.75, 3.05) is 0 Å². The van der Waals surface area contributed by atoms with Gasteiger partial charge in [0, 0.05) is 9.73 Å².